The first kappa shape index (κ1) is 15.5. The van der Waals surface area contributed by atoms with Crippen molar-refractivity contribution in [3.63, 3.8) is 0 Å². The molecule has 2 aromatic carbocycles. The maximum Gasteiger partial charge on any atom is 0.242 e. The van der Waals surface area contributed by atoms with Crippen molar-refractivity contribution in [2.45, 2.75) is 11.3 Å². The van der Waals surface area contributed by atoms with Gasteiger partial charge in [0.15, 0.2) is 0 Å². The molecular formula is C15H17FN2O2S. The fourth-order valence-corrected chi connectivity index (χ4v) is 2.90. The summed E-state index contributed by atoms with van der Waals surface area (Å²) < 4.78 is 39.6. The summed E-state index contributed by atoms with van der Waals surface area (Å²) in [6, 6.07) is 13.2. The van der Waals surface area contributed by atoms with Crippen LogP contribution in [0.2, 0.25) is 0 Å². The quantitative estimate of drug-likeness (QED) is 0.861. The maximum absolute atomic E-state index is 13.5. The molecule has 0 saturated heterocycles. The van der Waals surface area contributed by atoms with Crippen LogP contribution in [-0.4, -0.2) is 22.0 Å². The van der Waals surface area contributed by atoms with E-state index in [-0.39, 0.29) is 10.7 Å². The van der Waals surface area contributed by atoms with Gasteiger partial charge in [0.2, 0.25) is 10.0 Å². The van der Waals surface area contributed by atoms with Crippen molar-refractivity contribution < 1.29 is 12.8 Å². The highest BCUT2D eigenvalue weighted by molar-refractivity contribution is 7.89. The van der Waals surface area contributed by atoms with Crippen molar-refractivity contribution in [2.24, 2.45) is 0 Å². The zero-order valence-electron chi connectivity index (χ0n) is 11.6. The molecule has 0 unspecified atom stereocenters. The molecule has 0 bridgehead atoms. The number of benzene rings is 2. The van der Waals surface area contributed by atoms with Gasteiger partial charge in [0.1, 0.15) is 10.7 Å². The molecule has 0 heterocycles. The molecule has 0 aromatic heterocycles. The second-order valence-corrected chi connectivity index (χ2v) is 6.33. The Morgan fingerprint density at radius 1 is 1.05 bits per heavy atom. The van der Waals surface area contributed by atoms with Gasteiger partial charge < -0.3 is 5.32 Å². The van der Waals surface area contributed by atoms with E-state index in [1.165, 1.54) is 19.2 Å². The lowest BCUT2D eigenvalue weighted by atomic mass is 10.1. The Kier molecular flexibility index (Phi) is 4.93. The molecule has 2 aromatic rings. The summed E-state index contributed by atoms with van der Waals surface area (Å²) in [7, 11) is -2.15. The van der Waals surface area contributed by atoms with Gasteiger partial charge in [0.25, 0.3) is 0 Å². The third-order valence-electron chi connectivity index (χ3n) is 3.11. The topological polar surface area (TPSA) is 58.2 Å². The SMILES string of the molecule is CNS(=O)(=O)c1ccccc1NCCc1ccccc1F. The second-order valence-electron chi connectivity index (χ2n) is 4.47. The Balaban J connectivity index is 2.10. The van der Waals surface area contributed by atoms with Crippen LogP contribution in [0.5, 0.6) is 0 Å². The number of hydrogen-bond acceptors (Lipinski definition) is 3. The number of nitrogens with one attached hydrogen (secondary N) is 2. The van der Waals surface area contributed by atoms with Crippen molar-refractivity contribution in [3.8, 4) is 0 Å². The fraction of sp³-hybridized carbons (Fsp3) is 0.200. The van der Waals surface area contributed by atoms with Crippen LogP contribution in [0.15, 0.2) is 53.4 Å². The van der Waals surface area contributed by atoms with E-state index < -0.39 is 10.0 Å². The molecule has 0 spiro atoms. The summed E-state index contributed by atoms with van der Waals surface area (Å²) >= 11 is 0. The molecule has 0 fully saturated rings. The normalized spacial score (nSPS) is 11.3. The number of anilines is 1. The molecule has 0 aliphatic carbocycles. The molecule has 0 saturated carbocycles. The van der Waals surface area contributed by atoms with Gasteiger partial charge in [-0.3, -0.25) is 0 Å². The lowest BCUT2D eigenvalue weighted by Gasteiger charge is -2.12. The minimum atomic E-state index is -3.52. The number of hydrogen-bond donors (Lipinski definition) is 2. The van der Waals surface area contributed by atoms with Crippen molar-refractivity contribution in [1.82, 2.24) is 4.72 Å². The number of rotatable bonds is 6. The minimum absolute atomic E-state index is 0.182. The Morgan fingerprint density at radius 3 is 2.43 bits per heavy atom. The third-order valence-corrected chi connectivity index (χ3v) is 4.59. The van der Waals surface area contributed by atoms with E-state index in [4.69, 9.17) is 0 Å². The number of sulfonamides is 1. The van der Waals surface area contributed by atoms with E-state index >= 15 is 0 Å². The fourth-order valence-electron chi connectivity index (χ4n) is 1.99. The van der Waals surface area contributed by atoms with Crippen LogP contribution >= 0.6 is 0 Å². The second kappa shape index (κ2) is 6.69. The van der Waals surface area contributed by atoms with Crippen LogP contribution < -0.4 is 10.0 Å². The van der Waals surface area contributed by atoms with Gasteiger partial charge >= 0.3 is 0 Å². The highest BCUT2D eigenvalue weighted by Crippen LogP contribution is 2.20. The predicted octanol–water partition coefficient (Wildman–Crippen LogP) is 2.39. The molecule has 0 radical (unpaired) electrons. The first-order valence-corrected chi connectivity index (χ1v) is 8.03. The lowest BCUT2D eigenvalue weighted by molar-refractivity contribution is 0.588. The number of halogens is 1. The molecule has 6 heteroatoms. The highest BCUT2D eigenvalue weighted by atomic mass is 32.2. The maximum atomic E-state index is 13.5. The smallest absolute Gasteiger partial charge is 0.242 e. The van der Waals surface area contributed by atoms with Crippen LogP contribution in [0.4, 0.5) is 10.1 Å². The van der Waals surface area contributed by atoms with Gasteiger partial charge in [0, 0.05) is 6.54 Å². The molecule has 0 aliphatic heterocycles. The van der Waals surface area contributed by atoms with Crippen molar-refractivity contribution in [2.75, 3.05) is 18.9 Å². The molecule has 4 nitrogen and oxygen atoms in total. The van der Waals surface area contributed by atoms with E-state index in [1.807, 2.05) is 0 Å². The summed E-state index contributed by atoms with van der Waals surface area (Å²) in [6.07, 6.45) is 0.473. The van der Waals surface area contributed by atoms with Gasteiger partial charge in [-0.15, -0.1) is 0 Å². The first-order valence-electron chi connectivity index (χ1n) is 6.54. The lowest BCUT2D eigenvalue weighted by Crippen LogP contribution is -2.20. The molecule has 2 N–H and O–H groups in total. The molecule has 2 rings (SSSR count). The van der Waals surface area contributed by atoms with Crippen LogP contribution in [0, 0.1) is 5.82 Å². The Labute approximate surface area is 124 Å². The molecule has 0 aliphatic rings. The third kappa shape index (κ3) is 3.80. The van der Waals surface area contributed by atoms with Crippen molar-refractivity contribution in [1.29, 1.82) is 0 Å². The first-order chi connectivity index (χ1) is 10.0. The molecule has 112 valence electrons. The molecular weight excluding hydrogens is 291 g/mol. The summed E-state index contributed by atoms with van der Waals surface area (Å²) in [5, 5.41) is 3.04. The van der Waals surface area contributed by atoms with Crippen LogP contribution in [0.1, 0.15) is 5.56 Å². The summed E-state index contributed by atoms with van der Waals surface area (Å²) in [4.78, 5) is 0.182. The number of para-hydroxylation sites is 1. The van der Waals surface area contributed by atoms with Gasteiger partial charge in [0.05, 0.1) is 5.69 Å². The monoisotopic (exact) mass is 308 g/mol. The Morgan fingerprint density at radius 2 is 1.71 bits per heavy atom. The Hall–Kier alpha value is -1.92. The predicted molar refractivity (Wildman–Crippen MR) is 81.3 cm³/mol. The van der Waals surface area contributed by atoms with E-state index in [1.54, 1.807) is 36.4 Å². The molecule has 0 amide bonds. The Bertz CT molecular complexity index is 717. The van der Waals surface area contributed by atoms with E-state index in [9.17, 15) is 12.8 Å². The average Bonchev–Trinajstić information content (AvgIpc) is 2.49. The van der Waals surface area contributed by atoms with E-state index in [0.717, 1.165) is 0 Å². The molecule has 0 atom stereocenters. The van der Waals surface area contributed by atoms with Gasteiger partial charge in [-0.05, 0) is 37.2 Å². The van der Waals surface area contributed by atoms with Gasteiger partial charge in [-0.1, -0.05) is 30.3 Å². The van der Waals surface area contributed by atoms with E-state index in [2.05, 4.69) is 10.0 Å². The zero-order valence-corrected chi connectivity index (χ0v) is 12.5. The minimum Gasteiger partial charge on any atom is -0.384 e. The van der Waals surface area contributed by atoms with Crippen molar-refractivity contribution in [3.05, 3.63) is 59.9 Å². The zero-order chi connectivity index (χ0) is 15.3. The highest BCUT2D eigenvalue weighted by Gasteiger charge is 2.15. The molecule has 21 heavy (non-hydrogen) atoms. The average molecular weight is 308 g/mol. The largest absolute Gasteiger partial charge is 0.384 e. The van der Waals surface area contributed by atoms with Crippen LogP contribution in [0.3, 0.4) is 0 Å². The summed E-state index contributed by atoms with van der Waals surface area (Å²) in [5.41, 5.74) is 1.10. The van der Waals surface area contributed by atoms with Gasteiger partial charge in [-0.2, -0.15) is 0 Å². The van der Waals surface area contributed by atoms with E-state index in [0.29, 0.717) is 24.2 Å². The van der Waals surface area contributed by atoms with Crippen LogP contribution in [-0.2, 0) is 16.4 Å². The standard InChI is InChI=1S/C15H17FN2O2S/c1-17-21(19,20)15-9-5-4-8-14(15)18-11-10-12-6-2-3-7-13(12)16/h2-9,17-18H,10-11H2,1H3. The van der Waals surface area contributed by atoms with Crippen molar-refractivity contribution >= 4 is 15.7 Å². The summed E-state index contributed by atoms with van der Waals surface area (Å²) in [6.45, 7) is 0.442. The summed E-state index contributed by atoms with van der Waals surface area (Å²) in [5.74, 6) is -0.254. The van der Waals surface area contributed by atoms with Crippen LogP contribution in [0.25, 0.3) is 0 Å². The van der Waals surface area contributed by atoms with Gasteiger partial charge in [-0.25, -0.2) is 17.5 Å².